The van der Waals surface area contributed by atoms with Gasteiger partial charge in [-0.25, -0.2) is 13.1 Å². The van der Waals surface area contributed by atoms with E-state index in [0.717, 1.165) is 6.26 Å². The van der Waals surface area contributed by atoms with E-state index in [1.165, 1.54) is 0 Å². The molecule has 0 heterocycles. The highest BCUT2D eigenvalue weighted by Gasteiger charge is 2.05. The summed E-state index contributed by atoms with van der Waals surface area (Å²) in [6.07, 6.45) is 1.86. The van der Waals surface area contributed by atoms with E-state index in [2.05, 4.69) is 10.0 Å². The molecule has 0 unspecified atom stereocenters. The van der Waals surface area contributed by atoms with Crippen LogP contribution >= 0.6 is 23.2 Å². The van der Waals surface area contributed by atoms with Crippen LogP contribution in [0.2, 0.25) is 10.0 Å². The van der Waals surface area contributed by atoms with Crippen molar-refractivity contribution in [3.63, 3.8) is 0 Å². The molecule has 1 rings (SSSR count). The number of rotatable bonds is 9. The zero-order chi connectivity index (χ0) is 16.6. The van der Waals surface area contributed by atoms with Crippen LogP contribution in [0.3, 0.4) is 0 Å². The van der Waals surface area contributed by atoms with E-state index in [1.54, 1.807) is 18.2 Å². The number of amides is 1. The van der Waals surface area contributed by atoms with Gasteiger partial charge < -0.3 is 10.1 Å². The second-order valence-corrected chi connectivity index (χ2v) is 7.22. The van der Waals surface area contributed by atoms with Crippen LogP contribution in [0.25, 0.3) is 0 Å². The van der Waals surface area contributed by atoms with Crippen LogP contribution < -0.4 is 14.8 Å². The molecule has 0 aromatic heterocycles. The molecule has 0 spiro atoms. The lowest BCUT2D eigenvalue weighted by Gasteiger charge is -2.08. The lowest BCUT2D eigenvalue weighted by molar-refractivity contribution is -0.121. The fourth-order valence-corrected chi connectivity index (χ4v) is 2.47. The Balaban J connectivity index is 2.15. The van der Waals surface area contributed by atoms with Crippen molar-refractivity contribution in [3.8, 4) is 5.75 Å². The molecule has 1 aromatic rings. The van der Waals surface area contributed by atoms with Crippen molar-refractivity contribution in [1.29, 1.82) is 0 Å². The third-order valence-electron chi connectivity index (χ3n) is 2.51. The molecule has 0 aliphatic rings. The number of hydrogen-bond donors (Lipinski definition) is 2. The molecule has 0 aliphatic heterocycles. The molecule has 0 fully saturated rings. The molecule has 0 aliphatic carbocycles. The zero-order valence-electron chi connectivity index (χ0n) is 12.1. The van der Waals surface area contributed by atoms with E-state index < -0.39 is 10.0 Å². The van der Waals surface area contributed by atoms with Gasteiger partial charge in [-0.1, -0.05) is 23.2 Å². The third-order valence-corrected chi connectivity index (χ3v) is 3.77. The summed E-state index contributed by atoms with van der Waals surface area (Å²) in [4.78, 5) is 11.5. The predicted molar refractivity (Wildman–Crippen MR) is 87.0 cm³/mol. The Kier molecular flexibility index (Phi) is 7.95. The standard InChI is InChI=1S/C13H18Cl2N2O4S/c1-22(19,20)17-7-6-16-13(18)3-2-8-21-12-5-4-10(14)9-11(12)15/h4-5,9,17H,2-3,6-8H2,1H3,(H,16,18). The largest absolute Gasteiger partial charge is 0.492 e. The van der Waals surface area contributed by atoms with Gasteiger partial charge >= 0.3 is 0 Å². The summed E-state index contributed by atoms with van der Waals surface area (Å²) in [7, 11) is -3.22. The van der Waals surface area contributed by atoms with Crippen LogP contribution in [0.1, 0.15) is 12.8 Å². The van der Waals surface area contributed by atoms with Crippen molar-refractivity contribution in [2.24, 2.45) is 0 Å². The van der Waals surface area contributed by atoms with Gasteiger partial charge in [0.15, 0.2) is 0 Å². The van der Waals surface area contributed by atoms with Gasteiger partial charge in [0.25, 0.3) is 0 Å². The summed E-state index contributed by atoms with van der Waals surface area (Å²) in [5, 5.41) is 3.56. The summed E-state index contributed by atoms with van der Waals surface area (Å²) in [6.45, 7) is 0.758. The van der Waals surface area contributed by atoms with Crippen molar-refractivity contribution < 1.29 is 17.9 Å². The third kappa shape index (κ3) is 8.43. The second kappa shape index (κ2) is 9.19. The van der Waals surface area contributed by atoms with E-state index in [9.17, 15) is 13.2 Å². The molecule has 6 nitrogen and oxygen atoms in total. The number of benzene rings is 1. The lowest BCUT2D eigenvalue weighted by Crippen LogP contribution is -2.34. The number of carbonyl (C=O) groups is 1. The summed E-state index contributed by atoms with van der Waals surface area (Å²) in [6, 6.07) is 4.92. The van der Waals surface area contributed by atoms with Crippen molar-refractivity contribution in [1.82, 2.24) is 10.0 Å². The van der Waals surface area contributed by atoms with Gasteiger partial charge in [-0.15, -0.1) is 0 Å². The molecule has 22 heavy (non-hydrogen) atoms. The Labute approximate surface area is 140 Å². The van der Waals surface area contributed by atoms with Crippen LogP contribution in [0.15, 0.2) is 18.2 Å². The minimum atomic E-state index is -3.22. The van der Waals surface area contributed by atoms with E-state index >= 15 is 0 Å². The summed E-state index contributed by atoms with van der Waals surface area (Å²) >= 11 is 11.7. The molecule has 9 heteroatoms. The van der Waals surface area contributed by atoms with Crippen molar-refractivity contribution in [2.75, 3.05) is 26.0 Å². The van der Waals surface area contributed by atoms with E-state index in [0.29, 0.717) is 28.8 Å². The number of carbonyl (C=O) groups excluding carboxylic acids is 1. The number of sulfonamides is 1. The fourth-order valence-electron chi connectivity index (χ4n) is 1.53. The summed E-state index contributed by atoms with van der Waals surface area (Å²) in [5.74, 6) is 0.352. The van der Waals surface area contributed by atoms with Crippen LogP contribution in [-0.2, 0) is 14.8 Å². The molecule has 1 aromatic carbocycles. The van der Waals surface area contributed by atoms with Crippen molar-refractivity contribution in [2.45, 2.75) is 12.8 Å². The normalized spacial score (nSPS) is 11.2. The van der Waals surface area contributed by atoms with Gasteiger partial charge in [-0.2, -0.15) is 0 Å². The van der Waals surface area contributed by atoms with Crippen molar-refractivity contribution >= 4 is 39.1 Å². The number of nitrogens with one attached hydrogen (secondary N) is 2. The minimum Gasteiger partial charge on any atom is -0.492 e. The molecule has 0 bridgehead atoms. The van der Waals surface area contributed by atoms with Crippen LogP contribution in [0.4, 0.5) is 0 Å². The first-order chi connectivity index (χ1) is 10.3. The van der Waals surface area contributed by atoms with E-state index in [1.807, 2.05) is 0 Å². The molecule has 0 saturated carbocycles. The first-order valence-corrected chi connectivity index (χ1v) is 9.22. The smallest absolute Gasteiger partial charge is 0.220 e. The molecule has 124 valence electrons. The van der Waals surface area contributed by atoms with Crippen molar-refractivity contribution in [3.05, 3.63) is 28.2 Å². The van der Waals surface area contributed by atoms with Gasteiger partial charge in [0, 0.05) is 24.5 Å². The van der Waals surface area contributed by atoms with Crippen LogP contribution in [0, 0.1) is 0 Å². The van der Waals surface area contributed by atoms with Gasteiger partial charge in [0.05, 0.1) is 17.9 Å². The Bertz CT molecular complexity index is 608. The Morgan fingerprint density at radius 3 is 2.64 bits per heavy atom. The predicted octanol–water partition coefficient (Wildman–Crippen LogP) is 1.82. The number of ether oxygens (including phenoxy) is 1. The van der Waals surface area contributed by atoms with Gasteiger partial charge in [-0.05, 0) is 24.6 Å². The first kappa shape index (κ1) is 19.0. The molecule has 2 N–H and O–H groups in total. The van der Waals surface area contributed by atoms with Crippen LogP contribution in [-0.4, -0.2) is 40.3 Å². The molecule has 0 saturated heterocycles. The molecule has 0 radical (unpaired) electrons. The highest BCUT2D eigenvalue weighted by atomic mass is 35.5. The summed E-state index contributed by atoms with van der Waals surface area (Å²) in [5.41, 5.74) is 0. The molecular weight excluding hydrogens is 351 g/mol. The number of halogens is 2. The monoisotopic (exact) mass is 368 g/mol. The maximum atomic E-state index is 11.5. The maximum Gasteiger partial charge on any atom is 0.220 e. The van der Waals surface area contributed by atoms with E-state index in [-0.39, 0.29) is 25.4 Å². The molecular formula is C13H18Cl2N2O4S. The number of hydrogen-bond acceptors (Lipinski definition) is 4. The highest BCUT2D eigenvalue weighted by molar-refractivity contribution is 7.88. The highest BCUT2D eigenvalue weighted by Crippen LogP contribution is 2.27. The Morgan fingerprint density at radius 1 is 1.27 bits per heavy atom. The average molecular weight is 369 g/mol. The SMILES string of the molecule is CS(=O)(=O)NCCNC(=O)CCCOc1ccc(Cl)cc1Cl. The quantitative estimate of drug-likeness (QED) is 0.651. The topological polar surface area (TPSA) is 84.5 Å². The van der Waals surface area contributed by atoms with Gasteiger partial charge in [0.1, 0.15) is 5.75 Å². The fraction of sp³-hybridized carbons (Fsp3) is 0.462. The summed E-state index contributed by atoms with van der Waals surface area (Å²) < 4.78 is 29.4. The van der Waals surface area contributed by atoms with Crippen LogP contribution in [0.5, 0.6) is 5.75 Å². The molecule has 1 amide bonds. The average Bonchev–Trinajstić information content (AvgIpc) is 2.40. The first-order valence-electron chi connectivity index (χ1n) is 6.57. The van der Waals surface area contributed by atoms with E-state index in [4.69, 9.17) is 27.9 Å². The van der Waals surface area contributed by atoms with Gasteiger partial charge in [0.2, 0.25) is 15.9 Å². The molecule has 0 atom stereocenters. The lowest BCUT2D eigenvalue weighted by atomic mass is 10.3. The Hall–Kier alpha value is -1.02. The zero-order valence-corrected chi connectivity index (χ0v) is 14.4. The Morgan fingerprint density at radius 2 is 2.00 bits per heavy atom. The minimum absolute atomic E-state index is 0.166. The maximum absolute atomic E-state index is 11.5. The second-order valence-electron chi connectivity index (χ2n) is 4.54. The van der Waals surface area contributed by atoms with Gasteiger partial charge in [-0.3, -0.25) is 4.79 Å².